The quantitative estimate of drug-likeness (QED) is 0.853. The third-order valence-electron chi connectivity index (χ3n) is 3.18. The largest absolute Gasteiger partial charge is 0.496 e. The number of hydrogen-bond donors (Lipinski definition) is 0. The van der Waals surface area contributed by atoms with E-state index >= 15 is 0 Å². The summed E-state index contributed by atoms with van der Waals surface area (Å²) in [5.74, 6) is 0.880. The number of halogens is 1. The van der Waals surface area contributed by atoms with Crippen molar-refractivity contribution < 1.29 is 9.47 Å². The van der Waals surface area contributed by atoms with Crippen LogP contribution in [0, 0.1) is 0 Å². The van der Waals surface area contributed by atoms with Crippen LogP contribution in [-0.2, 0) is 11.3 Å². The highest BCUT2D eigenvalue weighted by Crippen LogP contribution is 2.26. The Morgan fingerprint density at radius 3 is 2.82 bits per heavy atom. The minimum absolute atomic E-state index is 0.400. The second-order valence-electron chi connectivity index (χ2n) is 4.35. The summed E-state index contributed by atoms with van der Waals surface area (Å²) >= 11 is 3.51. The zero-order chi connectivity index (χ0) is 12.3. The van der Waals surface area contributed by atoms with Gasteiger partial charge in [-0.05, 0) is 40.0 Å². The van der Waals surface area contributed by atoms with Crippen molar-refractivity contribution in [2.75, 3.05) is 27.3 Å². The summed E-state index contributed by atoms with van der Waals surface area (Å²) < 4.78 is 11.6. The summed E-state index contributed by atoms with van der Waals surface area (Å²) in [5.41, 5.74) is 1.30. The van der Waals surface area contributed by atoms with Crippen molar-refractivity contribution in [2.24, 2.45) is 0 Å². The number of benzene rings is 1. The van der Waals surface area contributed by atoms with E-state index < -0.39 is 0 Å². The summed E-state index contributed by atoms with van der Waals surface area (Å²) in [4.78, 5) is 2.42. The van der Waals surface area contributed by atoms with Crippen molar-refractivity contribution in [1.82, 2.24) is 4.90 Å². The molecule has 2 rings (SSSR count). The maximum atomic E-state index is 5.37. The van der Waals surface area contributed by atoms with E-state index in [9.17, 15) is 0 Å². The Morgan fingerprint density at radius 2 is 2.24 bits per heavy atom. The number of rotatable bonds is 4. The lowest BCUT2D eigenvalue weighted by Gasteiger charge is -2.16. The Morgan fingerprint density at radius 1 is 1.41 bits per heavy atom. The van der Waals surface area contributed by atoms with E-state index in [0.717, 1.165) is 36.3 Å². The molecular weight excluding hydrogens is 282 g/mol. The lowest BCUT2D eigenvalue weighted by atomic mass is 10.2. The fourth-order valence-corrected chi connectivity index (χ4v) is 2.79. The Kier molecular flexibility index (Phi) is 4.42. The van der Waals surface area contributed by atoms with Gasteiger partial charge in [-0.15, -0.1) is 0 Å². The molecule has 1 aliphatic rings. The lowest BCUT2D eigenvalue weighted by molar-refractivity contribution is 0.107. The molecule has 94 valence electrons. The third kappa shape index (κ3) is 3.21. The van der Waals surface area contributed by atoms with Crippen molar-refractivity contribution in [3.63, 3.8) is 0 Å². The summed E-state index contributed by atoms with van der Waals surface area (Å²) in [6.45, 7) is 3.12. The molecule has 4 heteroatoms. The van der Waals surface area contributed by atoms with Gasteiger partial charge in [0.2, 0.25) is 0 Å². The molecule has 3 nitrogen and oxygen atoms in total. The fourth-order valence-electron chi connectivity index (χ4n) is 2.20. The molecule has 1 saturated heterocycles. The second kappa shape index (κ2) is 5.85. The first-order chi connectivity index (χ1) is 8.22. The molecule has 0 unspecified atom stereocenters. The normalized spacial score (nSPS) is 20.8. The van der Waals surface area contributed by atoms with Crippen molar-refractivity contribution >= 4 is 15.9 Å². The molecule has 0 aliphatic carbocycles. The number of likely N-dealkylation sites (tertiary alicyclic amines) is 1. The summed E-state index contributed by atoms with van der Waals surface area (Å²) in [7, 11) is 3.47. The van der Waals surface area contributed by atoms with E-state index in [1.54, 1.807) is 14.2 Å². The van der Waals surface area contributed by atoms with Crippen LogP contribution in [0.4, 0.5) is 0 Å². The number of nitrogens with zero attached hydrogens (tertiary/aromatic N) is 1. The maximum Gasteiger partial charge on any atom is 0.133 e. The van der Waals surface area contributed by atoms with Crippen LogP contribution in [0.5, 0.6) is 5.75 Å². The summed E-state index contributed by atoms with van der Waals surface area (Å²) in [6.07, 6.45) is 1.53. The Balaban J connectivity index is 1.97. The molecule has 1 heterocycles. The van der Waals surface area contributed by atoms with E-state index in [1.165, 1.54) is 5.56 Å². The number of hydrogen-bond acceptors (Lipinski definition) is 3. The van der Waals surface area contributed by atoms with Crippen molar-refractivity contribution in [2.45, 2.75) is 19.1 Å². The number of ether oxygens (including phenoxy) is 2. The molecule has 1 aromatic carbocycles. The minimum atomic E-state index is 0.400. The van der Waals surface area contributed by atoms with Crippen LogP contribution in [0.3, 0.4) is 0 Å². The lowest BCUT2D eigenvalue weighted by Crippen LogP contribution is -2.22. The van der Waals surface area contributed by atoms with Crippen molar-refractivity contribution in [3.05, 3.63) is 28.2 Å². The highest BCUT2D eigenvalue weighted by molar-refractivity contribution is 9.10. The summed E-state index contributed by atoms with van der Waals surface area (Å²) in [6, 6.07) is 6.24. The molecule has 0 bridgehead atoms. The van der Waals surface area contributed by atoms with Gasteiger partial charge in [0, 0.05) is 26.7 Å². The monoisotopic (exact) mass is 299 g/mol. The molecule has 0 radical (unpaired) electrons. The molecule has 17 heavy (non-hydrogen) atoms. The van der Waals surface area contributed by atoms with E-state index in [0.29, 0.717) is 6.10 Å². The Labute approximate surface area is 111 Å². The van der Waals surface area contributed by atoms with Crippen molar-refractivity contribution in [3.8, 4) is 5.75 Å². The van der Waals surface area contributed by atoms with Gasteiger partial charge in [0.15, 0.2) is 0 Å². The van der Waals surface area contributed by atoms with Crippen LogP contribution >= 0.6 is 15.9 Å². The van der Waals surface area contributed by atoms with Gasteiger partial charge >= 0.3 is 0 Å². The molecule has 0 aromatic heterocycles. The molecule has 0 saturated carbocycles. The molecular formula is C13H18BrNO2. The first-order valence-corrected chi connectivity index (χ1v) is 6.60. The summed E-state index contributed by atoms with van der Waals surface area (Å²) in [5, 5.41) is 0. The average molecular weight is 300 g/mol. The highest BCUT2D eigenvalue weighted by atomic mass is 79.9. The van der Waals surface area contributed by atoms with Crippen LogP contribution in [-0.4, -0.2) is 38.3 Å². The van der Waals surface area contributed by atoms with Gasteiger partial charge in [0.05, 0.1) is 17.7 Å². The van der Waals surface area contributed by atoms with Crippen LogP contribution in [0.1, 0.15) is 12.0 Å². The number of methoxy groups -OCH3 is 2. The molecule has 1 aliphatic heterocycles. The third-order valence-corrected chi connectivity index (χ3v) is 3.80. The molecule has 0 spiro atoms. The predicted molar refractivity (Wildman–Crippen MR) is 71.4 cm³/mol. The SMILES string of the molecule is COc1ccc(CN2CC[C@H](OC)C2)cc1Br. The van der Waals surface area contributed by atoms with E-state index in [-0.39, 0.29) is 0 Å². The maximum absolute atomic E-state index is 5.37. The van der Waals surface area contributed by atoms with Gasteiger partial charge in [-0.25, -0.2) is 0 Å². The molecule has 1 fully saturated rings. The van der Waals surface area contributed by atoms with Gasteiger partial charge in [-0.3, -0.25) is 4.90 Å². The molecule has 0 N–H and O–H groups in total. The average Bonchev–Trinajstić information content (AvgIpc) is 2.77. The minimum Gasteiger partial charge on any atom is -0.496 e. The molecule has 1 atom stereocenters. The van der Waals surface area contributed by atoms with Crippen LogP contribution in [0.15, 0.2) is 22.7 Å². The topological polar surface area (TPSA) is 21.7 Å². The molecule has 1 aromatic rings. The van der Waals surface area contributed by atoms with Gasteiger partial charge in [-0.2, -0.15) is 0 Å². The predicted octanol–water partition coefficient (Wildman–Crippen LogP) is 2.68. The van der Waals surface area contributed by atoms with Crippen molar-refractivity contribution in [1.29, 1.82) is 0 Å². The first-order valence-electron chi connectivity index (χ1n) is 5.80. The molecule has 0 amide bonds. The smallest absolute Gasteiger partial charge is 0.133 e. The zero-order valence-corrected chi connectivity index (χ0v) is 11.9. The zero-order valence-electron chi connectivity index (χ0n) is 10.3. The highest BCUT2D eigenvalue weighted by Gasteiger charge is 2.21. The van der Waals surface area contributed by atoms with Gasteiger partial charge in [0.25, 0.3) is 0 Å². The van der Waals surface area contributed by atoms with Crippen LogP contribution in [0.2, 0.25) is 0 Å². The standard InChI is InChI=1S/C13H18BrNO2/c1-16-11-5-6-15(9-11)8-10-3-4-13(17-2)12(14)7-10/h3-4,7,11H,5-6,8-9H2,1-2H3/t11-/m0/s1. The first kappa shape index (κ1) is 12.9. The van der Waals surface area contributed by atoms with Gasteiger partial charge in [0.1, 0.15) is 5.75 Å². The van der Waals surface area contributed by atoms with Gasteiger partial charge in [-0.1, -0.05) is 6.07 Å². The van der Waals surface area contributed by atoms with E-state index in [4.69, 9.17) is 9.47 Å². The van der Waals surface area contributed by atoms with Gasteiger partial charge < -0.3 is 9.47 Å². The second-order valence-corrected chi connectivity index (χ2v) is 5.20. The van der Waals surface area contributed by atoms with E-state index in [1.807, 2.05) is 6.07 Å². The van der Waals surface area contributed by atoms with Crippen LogP contribution < -0.4 is 4.74 Å². The fraction of sp³-hybridized carbons (Fsp3) is 0.538. The Bertz CT molecular complexity index is 384. The van der Waals surface area contributed by atoms with Crippen LogP contribution in [0.25, 0.3) is 0 Å². The van der Waals surface area contributed by atoms with E-state index in [2.05, 4.69) is 33.0 Å². The Hall–Kier alpha value is -0.580.